The molecule has 6 nitrogen and oxygen atoms in total. The summed E-state index contributed by atoms with van der Waals surface area (Å²) in [6, 6.07) is 11.9. The van der Waals surface area contributed by atoms with Gasteiger partial charge in [0.25, 0.3) is 5.91 Å². The van der Waals surface area contributed by atoms with Crippen LogP contribution in [0.5, 0.6) is 5.75 Å². The molecular weight excluding hydrogens is 316 g/mol. The molecule has 2 aromatic rings. The van der Waals surface area contributed by atoms with Crippen LogP contribution in [-0.4, -0.2) is 54.0 Å². The van der Waals surface area contributed by atoms with Crippen molar-refractivity contribution in [1.29, 1.82) is 5.26 Å². The Hall–Kier alpha value is -2.78. The Balaban J connectivity index is 1.63. The monoisotopic (exact) mass is 338 g/mol. The van der Waals surface area contributed by atoms with Crippen molar-refractivity contribution in [3.63, 3.8) is 0 Å². The van der Waals surface area contributed by atoms with E-state index in [1.807, 2.05) is 29.2 Å². The van der Waals surface area contributed by atoms with Gasteiger partial charge in [0, 0.05) is 44.0 Å². The number of ether oxygens (including phenoxy) is 1. The fraction of sp³-hybridized carbons (Fsp3) is 0.368. The van der Waals surface area contributed by atoms with Crippen LogP contribution in [0.3, 0.4) is 0 Å². The standard InChI is InChI=1S/C19H22N4O2/c1-14(16-5-3-4-6-18(16)25-2)22-7-9-23(10-8-22)19(24)17-11-15(12-20)13-21-17/h3-6,11,13-14,21H,7-10H2,1-2H3/t14-/m1/s1. The van der Waals surface area contributed by atoms with Gasteiger partial charge in [0.15, 0.2) is 0 Å². The third-order valence-electron chi connectivity index (χ3n) is 4.78. The summed E-state index contributed by atoms with van der Waals surface area (Å²) in [5.41, 5.74) is 2.11. The molecule has 3 rings (SSSR count). The van der Waals surface area contributed by atoms with Crippen molar-refractivity contribution in [2.75, 3.05) is 33.3 Å². The van der Waals surface area contributed by atoms with Crippen LogP contribution in [0.15, 0.2) is 36.5 Å². The van der Waals surface area contributed by atoms with Crippen molar-refractivity contribution in [2.45, 2.75) is 13.0 Å². The van der Waals surface area contributed by atoms with E-state index in [0.29, 0.717) is 24.3 Å². The number of para-hydroxylation sites is 1. The molecule has 2 heterocycles. The van der Waals surface area contributed by atoms with Gasteiger partial charge in [0.2, 0.25) is 0 Å². The predicted octanol–water partition coefficient (Wildman–Crippen LogP) is 2.41. The molecule has 1 aromatic carbocycles. The molecule has 0 bridgehead atoms. The van der Waals surface area contributed by atoms with E-state index in [-0.39, 0.29) is 11.9 Å². The lowest BCUT2D eigenvalue weighted by atomic mass is 10.0. The molecule has 0 saturated carbocycles. The second kappa shape index (κ2) is 7.41. The number of amides is 1. The van der Waals surface area contributed by atoms with E-state index in [1.165, 1.54) is 0 Å². The Morgan fingerprint density at radius 1 is 1.28 bits per heavy atom. The predicted molar refractivity (Wildman–Crippen MR) is 94.4 cm³/mol. The Morgan fingerprint density at radius 3 is 2.64 bits per heavy atom. The number of H-pyrrole nitrogens is 1. The zero-order valence-corrected chi connectivity index (χ0v) is 14.5. The van der Waals surface area contributed by atoms with Crippen molar-refractivity contribution in [1.82, 2.24) is 14.8 Å². The van der Waals surface area contributed by atoms with Gasteiger partial charge in [0.05, 0.1) is 12.7 Å². The van der Waals surface area contributed by atoms with Gasteiger partial charge < -0.3 is 14.6 Å². The number of methoxy groups -OCH3 is 1. The first-order chi connectivity index (χ1) is 12.1. The molecule has 0 unspecified atom stereocenters. The molecule has 0 aliphatic carbocycles. The molecule has 25 heavy (non-hydrogen) atoms. The van der Waals surface area contributed by atoms with Gasteiger partial charge in [-0.25, -0.2) is 0 Å². The molecule has 1 atom stereocenters. The van der Waals surface area contributed by atoms with E-state index in [4.69, 9.17) is 10.00 Å². The summed E-state index contributed by atoms with van der Waals surface area (Å²) >= 11 is 0. The highest BCUT2D eigenvalue weighted by molar-refractivity contribution is 5.93. The molecule has 1 amide bonds. The van der Waals surface area contributed by atoms with E-state index < -0.39 is 0 Å². The zero-order valence-electron chi connectivity index (χ0n) is 14.5. The maximum absolute atomic E-state index is 12.5. The smallest absolute Gasteiger partial charge is 0.270 e. The van der Waals surface area contributed by atoms with Crippen molar-refractivity contribution in [3.05, 3.63) is 53.3 Å². The number of aromatic amines is 1. The maximum atomic E-state index is 12.5. The van der Waals surface area contributed by atoms with Crippen molar-refractivity contribution < 1.29 is 9.53 Å². The minimum atomic E-state index is -0.0499. The Bertz CT molecular complexity index is 785. The number of aromatic nitrogens is 1. The Kier molecular flexibility index (Phi) is 5.05. The van der Waals surface area contributed by atoms with Gasteiger partial charge in [-0.15, -0.1) is 0 Å². The van der Waals surface area contributed by atoms with Gasteiger partial charge in [-0.05, 0) is 19.1 Å². The first-order valence-electron chi connectivity index (χ1n) is 8.38. The van der Waals surface area contributed by atoms with Crippen LogP contribution in [0.25, 0.3) is 0 Å². The molecule has 0 spiro atoms. The SMILES string of the molecule is COc1ccccc1[C@@H](C)N1CCN(C(=O)c2cc(C#N)c[nH]2)CC1. The average molecular weight is 338 g/mol. The van der Waals surface area contributed by atoms with Crippen LogP contribution >= 0.6 is 0 Å². The number of carbonyl (C=O) groups excluding carboxylic acids is 1. The van der Waals surface area contributed by atoms with E-state index in [1.54, 1.807) is 19.4 Å². The summed E-state index contributed by atoms with van der Waals surface area (Å²) in [4.78, 5) is 19.6. The number of nitrogens with one attached hydrogen (secondary N) is 1. The number of hydrogen-bond donors (Lipinski definition) is 1. The first kappa shape index (κ1) is 17.1. The van der Waals surface area contributed by atoms with Crippen LogP contribution < -0.4 is 4.74 Å². The third-order valence-corrected chi connectivity index (χ3v) is 4.78. The number of piperazine rings is 1. The molecule has 0 radical (unpaired) electrons. The number of hydrogen-bond acceptors (Lipinski definition) is 4. The molecule has 130 valence electrons. The fourth-order valence-electron chi connectivity index (χ4n) is 3.27. The van der Waals surface area contributed by atoms with E-state index in [0.717, 1.165) is 24.4 Å². The third kappa shape index (κ3) is 3.52. The summed E-state index contributed by atoms with van der Waals surface area (Å²) < 4.78 is 5.47. The Morgan fingerprint density at radius 2 is 2.00 bits per heavy atom. The fourth-order valence-corrected chi connectivity index (χ4v) is 3.27. The molecular formula is C19H22N4O2. The molecule has 1 N–H and O–H groups in total. The number of nitrogens with zero attached hydrogens (tertiary/aromatic N) is 3. The van der Waals surface area contributed by atoms with Gasteiger partial charge in [0.1, 0.15) is 17.5 Å². The highest BCUT2D eigenvalue weighted by Crippen LogP contribution is 2.29. The lowest BCUT2D eigenvalue weighted by molar-refractivity contribution is 0.0575. The number of benzene rings is 1. The van der Waals surface area contributed by atoms with E-state index in [2.05, 4.69) is 22.9 Å². The van der Waals surface area contributed by atoms with Crippen LogP contribution in [0, 0.1) is 11.3 Å². The van der Waals surface area contributed by atoms with E-state index in [9.17, 15) is 4.79 Å². The Labute approximate surface area is 147 Å². The normalized spacial score (nSPS) is 16.3. The maximum Gasteiger partial charge on any atom is 0.270 e. The minimum Gasteiger partial charge on any atom is -0.496 e. The van der Waals surface area contributed by atoms with E-state index >= 15 is 0 Å². The molecule has 1 saturated heterocycles. The highest BCUT2D eigenvalue weighted by atomic mass is 16.5. The highest BCUT2D eigenvalue weighted by Gasteiger charge is 2.27. The van der Waals surface area contributed by atoms with Crippen LogP contribution in [-0.2, 0) is 0 Å². The van der Waals surface area contributed by atoms with Crippen LogP contribution in [0.4, 0.5) is 0 Å². The van der Waals surface area contributed by atoms with Crippen molar-refractivity contribution in [2.24, 2.45) is 0 Å². The van der Waals surface area contributed by atoms with Gasteiger partial charge in [-0.1, -0.05) is 18.2 Å². The number of rotatable bonds is 4. The van der Waals surface area contributed by atoms with Crippen LogP contribution in [0.2, 0.25) is 0 Å². The quantitative estimate of drug-likeness (QED) is 0.929. The topological polar surface area (TPSA) is 72.4 Å². The second-order valence-corrected chi connectivity index (χ2v) is 6.16. The van der Waals surface area contributed by atoms with Gasteiger partial charge >= 0.3 is 0 Å². The molecule has 6 heteroatoms. The number of carbonyl (C=O) groups is 1. The summed E-state index contributed by atoms with van der Waals surface area (Å²) in [7, 11) is 1.69. The molecule has 1 aliphatic heterocycles. The zero-order chi connectivity index (χ0) is 17.8. The minimum absolute atomic E-state index is 0.0499. The molecule has 1 aliphatic rings. The lowest BCUT2D eigenvalue weighted by Gasteiger charge is -2.38. The largest absolute Gasteiger partial charge is 0.496 e. The summed E-state index contributed by atoms with van der Waals surface area (Å²) in [5.74, 6) is 0.843. The molecule has 1 fully saturated rings. The average Bonchev–Trinajstić information content (AvgIpc) is 3.16. The number of nitriles is 1. The second-order valence-electron chi connectivity index (χ2n) is 6.16. The summed E-state index contributed by atoms with van der Waals surface area (Å²) in [6.45, 7) is 5.10. The van der Waals surface area contributed by atoms with Crippen LogP contribution in [0.1, 0.15) is 34.6 Å². The first-order valence-corrected chi connectivity index (χ1v) is 8.38. The van der Waals surface area contributed by atoms with Gasteiger partial charge in [-0.3, -0.25) is 9.69 Å². The lowest BCUT2D eigenvalue weighted by Crippen LogP contribution is -2.49. The molecule has 1 aromatic heterocycles. The van der Waals surface area contributed by atoms with Crippen molar-refractivity contribution >= 4 is 5.91 Å². The van der Waals surface area contributed by atoms with Gasteiger partial charge in [-0.2, -0.15) is 5.26 Å². The summed E-state index contributed by atoms with van der Waals surface area (Å²) in [6.07, 6.45) is 1.56. The summed E-state index contributed by atoms with van der Waals surface area (Å²) in [5, 5.41) is 8.88. The van der Waals surface area contributed by atoms with Crippen molar-refractivity contribution in [3.8, 4) is 11.8 Å².